The van der Waals surface area contributed by atoms with Crippen molar-refractivity contribution in [1.82, 2.24) is 10.3 Å². The maximum Gasteiger partial charge on any atom is 0.253 e. The SMILES string of the molecule is Cc1nc(NC(=O)C(C)NC(=O)c2ccccc2Cl)sc1SCC(N)=O. The summed E-state index contributed by atoms with van der Waals surface area (Å²) in [6, 6.07) is 5.80. The minimum absolute atomic E-state index is 0.140. The van der Waals surface area contributed by atoms with Gasteiger partial charge in [0.2, 0.25) is 11.8 Å². The maximum absolute atomic E-state index is 12.3. The zero-order chi connectivity index (χ0) is 19.3. The van der Waals surface area contributed by atoms with Crippen molar-refractivity contribution in [3.05, 3.63) is 40.5 Å². The first kappa shape index (κ1) is 20.2. The molecule has 0 bridgehead atoms. The number of nitrogens with two attached hydrogens (primary N) is 1. The standard InChI is InChI=1S/C16H17ClN4O3S2/c1-8(19-14(24)10-5-3-4-6-11(10)17)13(23)21-16-20-9(2)15(26-16)25-7-12(18)22/h3-6,8H,7H2,1-2H3,(H2,18,22)(H,19,24)(H,20,21,23). The molecule has 4 N–H and O–H groups in total. The fourth-order valence-corrected chi connectivity index (χ4v) is 4.01. The summed E-state index contributed by atoms with van der Waals surface area (Å²) in [4.78, 5) is 39.6. The predicted octanol–water partition coefficient (Wildman–Crippen LogP) is 2.44. The van der Waals surface area contributed by atoms with E-state index in [0.717, 1.165) is 4.21 Å². The Hall–Kier alpha value is -2.10. The Morgan fingerprint density at radius 2 is 2.04 bits per heavy atom. The first-order valence-electron chi connectivity index (χ1n) is 7.52. The van der Waals surface area contributed by atoms with Crippen LogP contribution in [-0.2, 0) is 9.59 Å². The molecule has 1 aromatic carbocycles. The van der Waals surface area contributed by atoms with Gasteiger partial charge in [-0.25, -0.2) is 4.98 Å². The molecule has 3 amide bonds. The molecule has 0 saturated heterocycles. The van der Waals surface area contributed by atoms with Gasteiger partial charge in [-0.1, -0.05) is 35.1 Å². The zero-order valence-corrected chi connectivity index (χ0v) is 16.4. The van der Waals surface area contributed by atoms with Crippen LogP contribution in [0.25, 0.3) is 0 Å². The number of benzene rings is 1. The van der Waals surface area contributed by atoms with Gasteiger partial charge in [-0.15, -0.1) is 11.8 Å². The van der Waals surface area contributed by atoms with Crippen LogP contribution in [0.3, 0.4) is 0 Å². The molecular weight excluding hydrogens is 396 g/mol. The number of primary amides is 1. The number of anilines is 1. The van der Waals surface area contributed by atoms with E-state index >= 15 is 0 Å². The second-order valence-corrected chi connectivity index (χ2v) is 7.96. The Balaban J connectivity index is 1.97. The molecule has 0 radical (unpaired) electrons. The summed E-state index contributed by atoms with van der Waals surface area (Å²) < 4.78 is 0.798. The molecule has 1 atom stereocenters. The average molecular weight is 413 g/mol. The number of carbonyl (C=O) groups excluding carboxylic acids is 3. The normalized spacial score (nSPS) is 11.7. The highest BCUT2D eigenvalue weighted by Gasteiger charge is 2.20. The molecule has 7 nitrogen and oxygen atoms in total. The third kappa shape index (κ3) is 5.45. The third-order valence-electron chi connectivity index (χ3n) is 3.19. The number of nitrogens with zero attached hydrogens (tertiary/aromatic N) is 1. The van der Waals surface area contributed by atoms with Crippen LogP contribution < -0.4 is 16.4 Å². The van der Waals surface area contributed by atoms with Crippen LogP contribution in [0.1, 0.15) is 23.0 Å². The van der Waals surface area contributed by atoms with Crippen LogP contribution >= 0.6 is 34.7 Å². The first-order valence-corrected chi connectivity index (χ1v) is 9.70. The molecule has 1 heterocycles. The highest BCUT2D eigenvalue weighted by Crippen LogP contribution is 2.31. The second kappa shape index (κ2) is 9.02. The van der Waals surface area contributed by atoms with Gasteiger partial charge in [0.1, 0.15) is 6.04 Å². The van der Waals surface area contributed by atoms with Crippen molar-refractivity contribution in [2.45, 2.75) is 24.1 Å². The molecule has 0 aliphatic heterocycles. The first-order chi connectivity index (χ1) is 12.3. The van der Waals surface area contributed by atoms with E-state index in [1.165, 1.54) is 23.1 Å². The maximum atomic E-state index is 12.3. The van der Waals surface area contributed by atoms with Gasteiger partial charge in [-0.2, -0.15) is 0 Å². The summed E-state index contributed by atoms with van der Waals surface area (Å²) in [7, 11) is 0. The van der Waals surface area contributed by atoms with Crippen molar-refractivity contribution in [3.8, 4) is 0 Å². The molecular formula is C16H17ClN4O3S2. The molecule has 2 aromatic rings. The molecule has 10 heteroatoms. The van der Waals surface area contributed by atoms with E-state index in [-0.39, 0.29) is 5.75 Å². The summed E-state index contributed by atoms with van der Waals surface area (Å²) in [6.07, 6.45) is 0. The van der Waals surface area contributed by atoms with E-state index in [9.17, 15) is 14.4 Å². The van der Waals surface area contributed by atoms with Crippen LogP contribution in [0, 0.1) is 6.92 Å². The zero-order valence-electron chi connectivity index (χ0n) is 14.0. The lowest BCUT2D eigenvalue weighted by molar-refractivity contribution is -0.117. The fourth-order valence-electron chi connectivity index (χ4n) is 1.91. The van der Waals surface area contributed by atoms with Gasteiger partial charge in [0, 0.05) is 0 Å². The molecule has 138 valence electrons. The fraction of sp³-hybridized carbons (Fsp3) is 0.250. The lowest BCUT2D eigenvalue weighted by atomic mass is 10.2. The molecule has 0 spiro atoms. The predicted molar refractivity (Wildman–Crippen MR) is 104 cm³/mol. The monoisotopic (exact) mass is 412 g/mol. The number of thioether (sulfide) groups is 1. The largest absolute Gasteiger partial charge is 0.369 e. The Labute approximate surface area is 163 Å². The Kier molecular flexibility index (Phi) is 7.01. The molecule has 0 aliphatic rings. The minimum atomic E-state index is -0.787. The summed E-state index contributed by atoms with van der Waals surface area (Å²) in [6.45, 7) is 3.34. The van der Waals surface area contributed by atoms with Crippen molar-refractivity contribution in [2.24, 2.45) is 5.73 Å². The van der Waals surface area contributed by atoms with Gasteiger partial charge in [0.05, 0.1) is 26.2 Å². The van der Waals surface area contributed by atoms with Crippen molar-refractivity contribution in [3.63, 3.8) is 0 Å². The van der Waals surface area contributed by atoms with E-state index in [4.69, 9.17) is 17.3 Å². The van der Waals surface area contributed by atoms with Gasteiger partial charge >= 0.3 is 0 Å². The molecule has 1 unspecified atom stereocenters. The van der Waals surface area contributed by atoms with E-state index in [1.807, 2.05) is 0 Å². The number of hydrogen-bond donors (Lipinski definition) is 3. The number of hydrogen-bond acceptors (Lipinski definition) is 6. The summed E-state index contributed by atoms with van der Waals surface area (Å²) >= 11 is 8.49. The van der Waals surface area contributed by atoms with Crippen LogP contribution in [0.2, 0.25) is 5.02 Å². The summed E-state index contributed by atoms with van der Waals surface area (Å²) in [5.74, 6) is -1.14. The number of halogens is 1. The van der Waals surface area contributed by atoms with Gasteiger partial charge in [-0.3, -0.25) is 14.4 Å². The summed E-state index contributed by atoms with van der Waals surface area (Å²) in [5.41, 5.74) is 6.12. The van der Waals surface area contributed by atoms with E-state index in [1.54, 1.807) is 38.1 Å². The van der Waals surface area contributed by atoms with Gasteiger partial charge < -0.3 is 16.4 Å². The van der Waals surface area contributed by atoms with Crippen LogP contribution in [0.5, 0.6) is 0 Å². The number of thiazole rings is 1. The van der Waals surface area contributed by atoms with Crippen molar-refractivity contribution in [2.75, 3.05) is 11.1 Å². The Morgan fingerprint density at radius 3 is 2.69 bits per heavy atom. The summed E-state index contributed by atoms with van der Waals surface area (Å²) in [5, 5.41) is 5.94. The van der Waals surface area contributed by atoms with Gasteiger partial charge in [0.15, 0.2) is 5.13 Å². The van der Waals surface area contributed by atoms with Gasteiger partial charge in [-0.05, 0) is 26.0 Å². The third-order valence-corrected chi connectivity index (χ3v) is 5.98. The number of aromatic nitrogens is 1. The number of amides is 3. The average Bonchev–Trinajstić information content (AvgIpc) is 2.92. The quantitative estimate of drug-likeness (QED) is 0.604. The Morgan fingerprint density at radius 1 is 1.35 bits per heavy atom. The Bertz CT molecular complexity index is 841. The molecule has 2 rings (SSSR count). The second-order valence-electron chi connectivity index (χ2n) is 5.31. The van der Waals surface area contributed by atoms with E-state index in [0.29, 0.717) is 21.4 Å². The van der Waals surface area contributed by atoms with Gasteiger partial charge in [0.25, 0.3) is 5.91 Å². The number of carbonyl (C=O) groups is 3. The molecule has 0 saturated carbocycles. The molecule has 26 heavy (non-hydrogen) atoms. The highest BCUT2D eigenvalue weighted by atomic mass is 35.5. The van der Waals surface area contributed by atoms with E-state index in [2.05, 4.69) is 15.6 Å². The number of rotatable bonds is 7. The molecule has 0 fully saturated rings. The van der Waals surface area contributed by atoms with Crippen molar-refractivity contribution >= 4 is 57.6 Å². The lowest BCUT2D eigenvalue weighted by Gasteiger charge is -2.13. The number of aryl methyl sites for hydroxylation is 1. The van der Waals surface area contributed by atoms with Crippen LogP contribution in [0.4, 0.5) is 5.13 Å². The minimum Gasteiger partial charge on any atom is -0.369 e. The van der Waals surface area contributed by atoms with Crippen LogP contribution in [0.15, 0.2) is 28.5 Å². The lowest BCUT2D eigenvalue weighted by Crippen LogP contribution is -2.41. The number of nitrogens with one attached hydrogen (secondary N) is 2. The smallest absolute Gasteiger partial charge is 0.253 e. The molecule has 0 aliphatic carbocycles. The molecule has 1 aromatic heterocycles. The topological polar surface area (TPSA) is 114 Å². The van der Waals surface area contributed by atoms with Crippen LogP contribution in [-0.4, -0.2) is 34.5 Å². The van der Waals surface area contributed by atoms with E-state index < -0.39 is 23.8 Å². The van der Waals surface area contributed by atoms with Crippen molar-refractivity contribution in [1.29, 1.82) is 0 Å². The van der Waals surface area contributed by atoms with Crippen molar-refractivity contribution < 1.29 is 14.4 Å². The highest BCUT2D eigenvalue weighted by molar-refractivity contribution is 8.01.